The molecule has 0 unspecified atom stereocenters. The molecule has 0 atom stereocenters. The van der Waals surface area contributed by atoms with Crippen molar-refractivity contribution >= 4 is 17.8 Å². The quantitative estimate of drug-likeness (QED) is 0.243. The van der Waals surface area contributed by atoms with E-state index in [1.807, 2.05) is 20.8 Å². The highest BCUT2D eigenvalue weighted by atomic mass is 16.6. The number of hydrogen-bond acceptors (Lipinski definition) is 8. The lowest BCUT2D eigenvalue weighted by Gasteiger charge is -2.16. The van der Waals surface area contributed by atoms with Crippen LogP contribution in [0.2, 0.25) is 0 Å². The van der Waals surface area contributed by atoms with Gasteiger partial charge in [-0.2, -0.15) is 5.10 Å². The molecule has 0 spiro atoms. The average Bonchev–Trinajstić information content (AvgIpc) is 3.30. The number of amides is 1. The van der Waals surface area contributed by atoms with Gasteiger partial charge in [0.05, 0.1) is 31.0 Å². The zero-order valence-corrected chi connectivity index (χ0v) is 19.1. The molecule has 1 heterocycles. The van der Waals surface area contributed by atoms with Crippen LogP contribution in [0.25, 0.3) is 11.3 Å². The second kappa shape index (κ2) is 11.5. The molecular formula is C24H25N3O7. The van der Waals surface area contributed by atoms with Crippen molar-refractivity contribution in [3.05, 3.63) is 70.0 Å². The van der Waals surface area contributed by atoms with Crippen LogP contribution in [0.15, 0.2) is 58.0 Å². The van der Waals surface area contributed by atoms with E-state index in [1.165, 1.54) is 18.3 Å². The van der Waals surface area contributed by atoms with Gasteiger partial charge in [0.25, 0.3) is 11.6 Å². The largest absolute Gasteiger partial charge is 0.490 e. The van der Waals surface area contributed by atoms with Crippen LogP contribution >= 0.6 is 0 Å². The van der Waals surface area contributed by atoms with Crippen LogP contribution in [-0.4, -0.2) is 36.9 Å². The number of ether oxygens (including phenoxy) is 3. The summed E-state index contributed by atoms with van der Waals surface area (Å²) in [6.07, 6.45) is 1.36. The fourth-order valence-electron chi connectivity index (χ4n) is 3.06. The van der Waals surface area contributed by atoms with E-state index in [1.54, 1.807) is 36.4 Å². The smallest absolute Gasteiger partial charge is 0.271 e. The number of benzene rings is 2. The summed E-state index contributed by atoms with van der Waals surface area (Å²) in [6, 6.07) is 12.5. The van der Waals surface area contributed by atoms with Gasteiger partial charge in [-0.15, -0.1) is 0 Å². The Morgan fingerprint density at radius 3 is 2.18 bits per heavy atom. The summed E-state index contributed by atoms with van der Waals surface area (Å²) in [5.41, 5.74) is 3.41. The summed E-state index contributed by atoms with van der Waals surface area (Å²) in [6.45, 7) is 6.72. The van der Waals surface area contributed by atoms with E-state index in [0.29, 0.717) is 59.7 Å². The third-order valence-corrected chi connectivity index (χ3v) is 4.52. The lowest BCUT2D eigenvalue weighted by molar-refractivity contribution is -0.384. The number of carbonyl (C=O) groups excluding carboxylic acids is 1. The van der Waals surface area contributed by atoms with Crippen molar-refractivity contribution in [2.45, 2.75) is 20.8 Å². The number of nitrogens with zero attached hydrogens (tertiary/aromatic N) is 2. The van der Waals surface area contributed by atoms with Gasteiger partial charge < -0.3 is 18.6 Å². The summed E-state index contributed by atoms with van der Waals surface area (Å²) in [4.78, 5) is 23.0. The van der Waals surface area contributed by atoms with E-state index in [0.717, 1.165) is 0 Å². The summed E-state index contributed by atoms with van der Waals surface area (Å²) in [5, 5.41) is 14.7. The molecule has 178 valence electrons. The molecule has 0 fully saturated rings. The van der Waals surface area contributed by atoms with Crippen LogP contribution < -0.4 is 19.6 Å². The molecule has 1 amide bonds. The maximum atomic E-state index is 12.7. The number of nitro groups is 1. The molecule has 0 saturated carbocycles. The highest BCUT2D eigenvalue weighted by molar-refractivity contribution is 5.96. The molecule has 3 aromatic rings. The van der Waals surface area contributed by atoms with Gasteiger partial charge in [0.2, 0.25) is 5.75 Å². The van der Waals surface area contributed by atoms with Crippen molar-refractivity contribution in [2.24, 2.45) is 5.10 Å². The van der Waals surface area contributed by atoms with E-state index >= 15 is 0 Å². The predicted molar refractivity (Wildman–Crippen MR) is 126 cm³/mol. The van der Waals surface area contributed by atoms with E-state index in [9.17, 15) is 14.9 Å². The van der Waals surface area contributed by atoms with Crippen LogP contribution in [0.5, 0.6) is 17.2 Å². The molecule has 0 bridgehead atoms. The Bertz CT molecular complexity index is 1140. The fraction of sp³-hybridized carbons (Fsp3) is 0.250. The van der Waals surface area contributed by atoms with Crippen LogP contribution in [0.3, 0.4) is 0 Å². The number of rotatable bonds is 11. The van der Waals surface area contributed by atoms with Gasteiger partial charge in [0, 0.05) is 23.3 Å². The molecular weight excluding hydrogens is 442 g/mol. The minimum Gasteiger partial charge on any atom is -0.490 e. The molecule has 10 nitrogen and oxygen atoms in total. The third kappa shape index (κ3) is 5.91. The van der Waals surface area contributed by atoms with Crippen molar-refractivity contribution in [1.82, 2.24) is 5.43 Å². The van der Waals surface area contributed by atoms with E-state index in [-0.39, 0.29) is 5.69 Å². The second-order valence-electron chi connectivity index (χ2n) is 6.81. The summed E-state index contributed by atoms with van der Waals surface area (Å²) < 4.78 is 22.6. The Kier molecular flexibility index (Phi) is 8.22. The predicted octanol–water partition coefficient (Wildman–Crippen LogP) is 4.81. The van der Waals surface area contributed by atoms with Gasteiger partial charge in [-0.05, 0) is 57.2 Å². The van der Waals surface area contributed by atoms with E-state index < -0.39 is 10.8 Å². The first-order chi connectivity index (χ1) is 16.5. The van der Waals surface area contributed by atoms with Gasteiger partial charge in [0.1, 0.15) is 11.5 Å². The number of carbonyl (C=O) groups is 1. The van der Waals surface area contributed by atoms with Crippen molar-refractivity contribution in [3.63, 3.8) is 0 Å². The fourth-order valence-corrected chi connectivity index (χ4v) is 3.06. The number of nitro benzene ring substituents is 1. The van der Waals surface area contributed by atoms with Crippen LogP contribution in [-0.2, 0) is 0 Å². The topological polar surface area (TPSA) is 125 Å². The molecule has 1 N–H and O–H groups in total. The first-order valence-electron chi connectivity index (χ1n) is 10.7. The first kappa shape index (κ1) is 24.3. The average molecular weight is 467 g/mol. The summed E-state index contributed by atoms with van der Waals surface area (Å²) >= 11 is 0. The number of furan rings is 1. The minimum absolute atomic E-state index is 0.00548. The highest BCUT2D eigenvalue weighted by Gasteiger charge is 2.18. The molecule has 34 heavy (non-hydrogen) atoms. The SMILES string of the molecule is CCOc1cc(C(=O)NN=Cc2ccc(-c3ccc([N+](=O)[O-])cc3)o2)cc(OCC)c1OCC. The zero-order valence-electron chi connectivity index (χ0n) is 19.1. The van der Waals surface area contributed by atoms with Gasteiger partial charge in [0.15, 0.2) is 11.5 Å². The summed E-state index contributed by atoms with van der Waals surface area (Å²) in [7, 11) is 0. The minimum atomic E-state index is -0.469. The summed E-state index contributed by atoms with van der Waals surface area (Å²) in [5.74, 6) is 1.69. The molecule has 10 heteroatoms. The Morgan fingerprint density at radius 2 is 1.62 bits per heavy atom. The molecule has 0 aliphatic rings. The number of non-ortho nitro benzene ring substituents is 1. The van der Waals surface area contributed by atoms with Crippen molar-refractivity contribution in [1.29, 1.82) is 0 Å². The van der Waals surface area contributed by atoms with Crippen LogP contribution in [0, 0.1) is 10.1 Å². The van der Waals surface area contributed by atoms with Crippen molar-refractivity contribution in [3.8, 4) is 28.6 Å². The lowest BCUT2D eigenvalue weighted by Crippen LogP contribution is -2.18. The normalized spacial score (nSPS) is 10.8. The van der Waals surface area contributed by atoms with Crippen molar-refractivity contribution in [2.75, 3.05) is 19.8 Å². The molecule has 2 aromatic carbocycles. The van der Waals surface area contributed by atoms with Gasteiger partial charge in [-0.3, -0.25) is 14.9 Å². The molecule has 0 aliphatic heterocycles. The van der Waals surface area contributed by atoms with Gasteiger partial charge in [-0.1, -0.05) is 0 Å². The van der Waals surface area contributed by atoms with E-state index in [2.05, 4.69) is 10.5 Å². The second-order valence-corrected chi connectivity index (χ2v) is 6.81. The molecule has 0 saturated heterocycles. The highest BCUT2D eigenvalue weighted by Crippen LogP contribution is 2.39. The third-order valence-electron chi connectivity index (χ3n) is 4.52. The van der Waals surface area contributed by atoms with E-state index in [4.69, 9.17) is 18.6 Å². The van der Waals surface area contributed by atoms with Crippen LogP contribution in [0.1, 0.15) is 36.9 Å². The number of hydrazone groups is 1. The van der Waals surface area contributed by atoms with Gasteiger partial charge >= 0.3 is 0 Å². The Balaban J connectivity index is 1.72. The molecule has 3 rings (SSSR count). The zero-order chi connectivity index (χ0) is 24.5. The lowest BCUT2D eigenvalue weighted by atomic mass is 10.1. The molecule has 1 aromatic heterocycles. The Morgan fingerprint density at radius 1 is 1.00 bits per heavy atom. The molecule has 0 aliphatic carbocycles. The first-order valence-corrected chi connectivity index (χ1v) is 10.7. The monoisotopic (exact) mass is 467 g/mol. The Hall–Kier alpha value is -4.34. The molecule has 0 radical (unpaired) electrons. The Labute approximate surface area is 196 Å². The van der Waals surface area contributed by atoms with Gasteiger partial charge in [-0.25, -0.2) is 5.43 Å². The maximum absolute atomic E-state index is 12.7. The maximum Gasteiger partial charge on any atom is 0.271 e. The van der Waals surface area contributed by atoms with Crippen molar-refractivity contribution < 1.29 is 28.3 Å². The van der Waals surface area contributed by atoms with Crippen LogP contribution in [0.4, 0.5) is 5.69 Å². The number of nitrogens with one attached hydrogen (secondary N) is 1. The standard InChI is InChI=1S/C24H25N3O7/c1-4-31-21-13-17(14-22(32-5-2)23(21)33-6-3)24(28)26-25-15-19-11-12-20(34-19)16-7-9-18(10-8-16)27(29)30/h7-15H,4-6H2,1-3H3,(H,26,28). The number of hydrogen-bond donors (Lipinski definition) is 1.